The molecule has 38 heavy (non-hydrogen) atoms. The predicted molar refractivity (Wildman–Crippen MR) is 153 cm³/mol. The number of aromatic nitrogens is 4. The van der Waals surface area contributed by atoms with E-state index >= 15 is 0 Å². The SMILES string of the molecule is Cc1cc(-c2ccccc2)nc2cc(-c3nc([C@H]4C[C@@H](N5CCN(C)CC5)C4)n4ccnc(N)c34)ccc12. The van der Waals surface area contributed by atoms with Crippen LogP contribution in [0.3, 0.4) is 0 Å². The third-order valence-corrected chi connectivity index (χ3v) is 8.50. The van der Waals surface area contributed by atoms with Gasteiger partial charge < -0.3 is 10.6 Å². The van der Waals surface area contributed by atoms with Crippen LogP contribution >= 0.6 is 0 Å². The fraction of sp³-hybridized carbons (Fsp3) is 0.323. The molecule has 0 amide bonds. The van der Waals surface area contributed by atoms with Gasteiger partial charge in [-0.1, -0.05) is 42.5 Å². The quantitative estimate of drug-likeness (QED) is 0.372. The number of nitrogen functional groups attached to an aromatic ring is 1. The molecule has 7 heteroatoms. The zero-order valence-electron chi connectivity index (χ0n) is 22.0. The van der Waals surface area contributed by atoms with Crippen molar-refractivity contribution in [2.45, 2.75) is 31.7 Å². The van der Waals surface area contributed by atoms with Crippen molar-refractivity contribution in [1.82, 2.24) is 29.2 Å². The summed E-state index contributed by atoms with van der Waals surface area (Å²) in [5.41, 5.74) is 13.5. The number of nitrogens with zero attached hydrogens (tertiary/aromatic N) is 6. The molecule has 1 aliphatic carbocycles. The average molecular weight is 504 g/mol. The molecule has 7 nitrogen and oxygen atoms in total. The summed E-state index contributed by atoms with van der Waals surface area (Å²) in [5.74, 6) is 2.03. The Kier molecular flexibility index (Phi) is 5.64. The minimum absolute atomic E-state index is 0.424. The van der Waals surface area contributed by atoms with Crippen molar-refractivity contribution in [2.75, 3.05) is 39.0 Å². The average Bonchev–Trinajstić information content (AvgIpc) is 3.30. The number of rotatable bonds is 4. The Labute approximate surface area is 223 Å². The highest BCUT2D eigenvalue weighted by Gasteiger charge is 2.38. The molecule has 0 atom stereocenters. The molecule has 2 fully saturated rings. The van der Waals surface area contributed by atoms with Gasteiger partial charge in [-0.15, -0.1) is 0 Å². The van der Waals surface area contributed by atoms with E-state index in [9.17, 15) is 0 Å². The topological polar surface area (TPSA) is 75.6 Å². The van der Waals surface area contributed by atoms with Crippen molar-refractivity contribution < 1.29 is 0 Å². The molecule has 3 aromatic heterocycles. The van der Waals surface area contributed by atoms with Crippen molar-refractivity contribution in [3.05, 3.63) is 78.4 Å². The third-order valence-electron chi connectivity index (χ3n) is 8.50. The number of nitrogens with two attached hydrogens (primary N) is 1. The summed E-state index contributed by atoms with van der Waals surface area (Å²) in [6.45, 7) is 6.78. The van der Waals surface area contributed by atoms with Gasteiger partial charge in [-0.3, -0.25) is 9.30 Å². The van der Waals surface area contributed by atoms with Gasteiger partial charge in [-0.05, 0) is 44.5 Å². The predicted octanol–water partition coefficient (Wildman–Crippen LogP) is 5.00. The standard InChI is InChI=1S/C31H33N7/c1-20-16-26(21-6-4-3-5-7-21)34-27-19-22(8-9-25(20)27)28-29-30(32)33-10-11-38(29)31(35-28)23-17-24(18-23)37-14-12-36(2)13-15-37/h3-11,16,19,23-24H,12-15,17-18H2,1-2H3,(H2,32,33)/t23-,24+. The highest BCUT2D eigenvalue weighted by molar-refractivity contribution is 5.92. The van der Waals surface area contributed by atoms with Gasteiger partial charge in [0.1, 0.15) is 22.9 Å². The van der Waals surface area contributed by atoms with E-state index in [4.69, 9.17) is 15.7 Å². The lowest BCUT2D eigenvalue weighted by Gasteiger charge is -2.45. The molecular formula is C31H33N7. The number of likely N-dealkylation sites (N-methyl/N-ethyl adjacent to an activating group) is 1. The minimum atomic E-state index is 0.424. The maximum atomic E-state index is 6.46. The molecule has 4 heterocycles. The Morgan fingerprint density at radius 1 is 0.895 bits per heavy atom. The van der Waals surface area contributed by atoms with Crippen molar-refractivity contribution in [1.29, 1.82) is 0 Å². The fourth-order valence-electron chi connectivity index (χ4n) is 6.17. The number of anilines is 1. The van der Waals surface area contributed by atoms with E-state index in [1.54, 1.807) is 6.20 Å². The van der Waals surface area contributed by atoms with Gasteiger partial charge in [0, 0.05) is 67.0 Å². The van der Waals surface area contributed by atoms with Crippen molar-refractivity contribution in [3.63, 3.8) is 0 Å². The van der Waals surface area contributed by atoms with Crippen molar-refractivity contribution in [3.8, 4) is 22.5 Å². The number of fused-ring (bicyclic) bond motifs is 2. The molecule has 0 unspecified atom stereocenters. The molecule has 2 N–H and O–H groups in total. The Bertz CT molecular complexity index is 1630. The van der Waals surface area contributed by atoms with Gasteiger partial charge in [-0.25, -0.2) is 15.0 Å². The highest BCUT2D eigenvalue weighted by atomic mass is 15.3. The molecule has 2 aromatic carbocycles. The molecular weight excluding hydrogens is 470 g/mol. The molecule has 0 spiro atoms. The van der Waals surface area contributed by atoms with Crippen LogP contribution < -0.4 is 5.73 Å². The van der Waals surface area contributed by atoms with Crippen LogP contribution in [-0.4, -0.2) is 68.4 Å². The molecule has 1 saturated heterocycles. The molecule has 0 bridgehead atoms. The second-order valence-corrected chi connectivity index (χ2v) is 10.9. The first-order valence-electron chi connectivity index (χ1n) is 13.6. The van der Waals surface area contributed by atoms with E-state index in [0.29, 0.717) is 17.8 Å². The minimum Gasteiger partial charge on any atom is -0.382 e. The first-order valence-corrected chi connectivity index (χ1v) is 13.6. The molecule has 2 aliphatic rings. The van der Waals surface area contributed by atoms with E-state index in [-0.39, 0.29) is 0 Å². The van der Waals surface area contributed by atoms with Crippen LogP contribution in [0.5, 0.6) is 0 Å². The second kappa shape index (κ2) is 9.19. The van der Waals surface area contributed by atoms with Gasteiger partial charge in [0.25, 0.3) is 0 Å². The zero-order valence-corrected chi connectivity index (χ0v) is 22.0. The highest BCUT2D eigenvalue weighted by Crippen LogP contribution is 2.42. The summed E-state index contributed by atoms with van der Waals surface area (Å²) in [6, 6.07) is 19.6. The summed E-state index contributed by atoms with van der Waals surface area (Å²) in [4.78, 5) is 19.8. The number of piperazine rings is 1. The molecule has 0 radical (unpaired) electrons. The summed E-state index contributed by atoms with van der Waals surface area (Å²) in [6.07, 6.45) is 6.08. The molecule has 192 valence electrons. The monoisotopic (exact) mass is 503 g/mol. The lowest BCUT2D eigenvalue weighted by Crippen LogP contribution is -2.52. The lowest BCUT2D eigenvalue weighted by atomic mass is 9.78. The van der Waals surface area contributed by atoms with Crippen LogP contribution in [0.1, 0.15) is 30.1 Å². The summed E-state index contributed by atoms with van der Waals surface area (Å²) in [7, 11) is 2.21. The Hall–Kier alpha value is -3.81. The van der Waals surface area contributed by atoms with E-state index in [1.807, 2.05) is 12.3 Å². The summed E-state index contributed by atoms with van der Waals surface area (Å²) >= 11 is 0. The number of hydrogen-bond acceptors (Lipinski definition) is 6. The van der Waals surface area contributed by atoms with Crippen LogP contribution in [0.15, 0.2) is 67.0 Å². The normalized spacial score (nSPS) is 20.7. The Morgan fingerprint density at radius 3 is 2.47 bits per heavy atom. The van der Waals surface area contributed by atoms with E-state index < -0.39 is 0 Å². The van der Waals surface area contributed by atoms with Crippen LogP contribution in [0, 0.1) is 6.92 Å². The number of hydrogen-bond donors (Lipinski definition) is 1. The van der Waals surface area contributed by atoms with Crippen molar-refractivity contribution in [2.24, 2.45) is 0 Å². The van der Waals surface area contributed by atoms with Gasteiger partial charge >= 0.3 is 0 Å². The van der Waals surface area contributed by atoms with Gasteiger partial charge in [0.05, 0.1) is 11.2 Å². The van der Waals surface area contributed by atoms with Gasteiger partial charge in [0.15, 0.2) is 0 Å². The number of pyridine rings is 1. The molecule has 7 rings (SSSR count). The van der Waals surface area contributed by atoms with Crippen LogP contribution in [0.4, 0.5) is 5.82 Å². The van der Waals surface area contributed by atoms with Crippen LogP contribution in [0.25, 0.3) is 38.9 Å². The summed E-state index contributed by atoms with van der Waals surface area (Å²) in [5, 5.41) is 1.15. The van der Waals surface area contributed by atoms with E-state index in [0.717, 1.165) is 83.8 Å². The third kappa shape index (κ3) is 3.94. The Balaban J connectivity index is 1.26. The molecule has 1 saturated carbocycles. The second-order valence-electron chi connectivity index (χ2n) is 10.9. The smallest absolute Gasteiger partial charge is 0.150 e. The largest absolute Gasteiger partial charge is 0.382 e. The fourth-order valence-corrected chi connectivity index (χ4v) is 6.17. The maximum absolute atomic E-state index is 6.46. The first-order chi connectivity index (χ1) is 18.5. The number of imidazole rings is 1. The zero-order chi connectivity index (χ0) is 25.8. The van der Waals surface area contributed by atoms with Gasteiger partial charge in [-0.2, -0.15) is 0 Å². The van der Waals surface area contributed by atoms with E-state index in [2.05, 4.69) is 81.7 Å². The van der Waals surface area contributed by atoms with E-state index in [1.165, 1.54) is 5.56 Å². The number of benzene rings is 2. The number of aryl methyl sites for hydroxylation is 1. The summed E-state index contributed by atoms with van der Waals surface area (Å²) < 4.78 is 2.17. The molecule has 5 aromatic rings. The Morgan fingerprint density at radius 2 is 1.68 bits per heavy atom. The first kappa shape index (κ1) is 23.3. The lowest BCUT2D eigenvalue weighted by molar-refractivity contribution is 0.0586. The molecule has 1 aliphatic heterocycles. The van der Waals surface area contributed by atoms with Crippen molar-refractivity contribution >= 4 is 22.2 Å². The van der Waals surface area contributed by atoms with Gasteiger partial charge in [0.2, 0.25) is 0 Å². The van der Waals surface area contributed by atoms with Crippen LogP contribution in [-0.2, 0) is 0 Å². The maximum Gasteiger partial charge on any atom is 0.150 e. The van der Waals surface area contributed by atoms with Crippen LogP contribution in [0.2, 0.25) is 0 Å².